The van der Waals surface area contributed by atoms with Crippen molar-refractivity contribution in [2.45, 2.75) is 78.4 Å². The maximum atomic E-state index is 12.1. The highest BCUT2D eigenvalue weighted by Crippen LogP contribution is 2.30. The monoisotopic (exact) mass is 462 g/mol. The minimum Gasteiger partial charge on any atom is -0.460 e. The Balaban J connectivity index is 1.41. The van der Waals surface area contributed by atoms with E-state index in [-0.39, 0.29) is 5.97 Å². The molecule has 0 unspecified atom stereocenters. The average Bonchev–Trinajstić information content (AvgIpc) is 2.74. The molecule has 4 rings (SSSR count). The molecule has 3 aromatic rings. The van der Waals surface area contributed by atoms with Gasteiger partial charge >= 0.3 is 5.97 Å². The lowest BCUT2D eigenvalue weighted by molar-refractivity contribution is -0.156. The van der Waals surface area contributed by atoms with Gasteiger partial charge < -0.3 is 15.8 Å². The molecule has 0 aliphatic heterocycles. The summed E-state index contributed by atoms with van der Waals surface area (Å²) >= 11 is 0. The zero-order valence-electron chi connectivity index (χ0n) is 20.7. The number of nitrogens with two attached hydrogens (primary N) is 1. The highest BCUT2D eigenvalue weighted by molar-refractivity contribution is 5.82. The van der Waals surface area contributed by atoms with E-state index >= 15 is 0 Å². The van der Waals surface area contributed by atoms with Crippen molar-refractivity contribution < 1.29 is 9.53 Å². The SMILES string of the molecule is Cc1cc(N)ncc1-c1cc(C)c2nc(NC3CCC(CC(=O)OC(C)(C)C)CC3)ncc2n1. The molecule has 0 bridgehead atoms. The molecule has 1 fully saturated rings. The largest absolute Gasteiger partial charge is 0.460 e. The van der Waals surface area contributed by atoms with E-state index in [0.29, 0.717) is 30.1 Å². The quantitative estimate of drug-likeness (QED) is 0.510. The van der Waals surface area contributed by atoms with Crippen LogP contribution in [0, 0.1) is 19.8 Å². The van der Waals surface area contributed by atoms with Crippen LogP contribution in [0.1, 0.15) is 64.0 Å². The van der Waals surface area contributed by atoms with Gasteiger partial charge in [0.05, 0.1) is 17.4 Å². The average molecular weight is 463 g/mol. The molecular weight excluding hydrogens is 428 g/mol. The van der Waals surface area contributed by atoms with Gasteiger partial charge in [0.1, 0.15) is 16.9 Å². The number of esters is 1. The van der Waals surface area contributed by atoms with Crippen LogP contribution in [-0.4, -0.2) is 37.5 Å². The van der Waals surface area contributed by atoms with Gasteiger partial charge in [-0.15, -0.1) is 0 Å². The Morgan fingerprint density at radius 1 is 1.06 bits per heavy atom. The van der Waals surface area contributed by atoms with E-state index in [4.69, 9.17) is 20.4 Å². The van der Waals surface area contributed by atoms with Crippen LogP contribution in [0.4, 0.5) is 11.8 Å². The highest BCUT2D eigenvalue weighted by Gasteiger charge is 2.26. The number of aromatic nitrogens is 4. The van der Waals surface area contributed by atoms with Crippen molar-refractivity contribution in [1.29, 1.82) is 0 Å². The maximum Gasteiger partial charge on any atom is 0.306 e. The van der Waals surface area contributed by atoms with E-state index in [1.54, 1.807) is 12.4 Å². The number of hydrogen-bond donors (Lipinski definition) is 2. The molecule has 3 aromatic heterocycles. The lowest BCUT2D eigenvalue weighted by Crippen LogP contribution is -2.30. The number of nitrogens with one attached hydrogen (secondary N) is 1. The molecule has 34 heavy (non-hydrogen) atoms. The van der Waals surface area contributed by atoms with E-state index < -0.39 is 5.60 Å². The molecule has 0 aromatic carbocycles. The zero-order chi connectivity index (χ0) is 24.5. The Kier molecular flexibility index (Phi) is 6.68. The summed E-state index contributed by atoms with van der Waals surface area (Å²) in [4.78, 5) is 30.4. The van der Waals surface area contributed by atoms with Crippen LogP contribution in [0.2, 0.25) is 0 Å². The molecule has 0 radical (unpaired) electrons. The summed E-state index contributed by atoms with van der Waals surface area (Å²) in [5.74, 6) is 1.39. The summed E-state index contributed by atoms with van der Waals surface area (Å²) in [5.41, 5.74) is 10.8. The van der Waals surface area contributed by atoms with Gasteiger partial charge in [-0.05, 0) is 89.5 Å². The zero-order valence-corrected chi connectivity index (χ0v) is 20.7. The number of nitrogens with zero attached hydrogens (tertiary/aromatic N) is 4. The van der Waals surface area contributed by atoms with Gasteiger partial charge in [0.25, 0.3) is 0 Å². The molecule has 0 atom stereocenters. The van der Waals surface area contributed by atoms with Crippen molar-refractivity contribution in [2.75, 3.05) is 11.1 Å². The first-order valence-electron chi connectivity index (χ1n) is 11.9. The van der Waals surface area contributed by atoms with Crippen molar-refractivity contribution in [1.82, 2.24) is 19.9 Å². The molecule has 0 amide bonds. The van der Waals surface area contributed by atoms with E-state index in [0.717, 1.165) is 59.1 Å². The molecular formula is C26H34N6O2. The summed E-state index contributed by atoms with van der Waals surface area (Å²) < 4.78 is 5.47. The molecule has 3 N–H and O–H groups in total. The van der Waals surface area contributed by atoms with Crippen molar-refractivity contribution in [3.05, 3.63) is 35.7 Å². The van der Waals surface area contributed by atoms with E-state index in [1.807, 2.05) is 46.8 Å². The molecule has 180 valence electrons. The number of fused-ring (bicyclic) bond motifs is 1. The molecule has 8 nitrogen and oxygen atoms in total. The van der Waals surface area contributed by atoms with Crippen molar-refractivity contribution >= 4 is 28.8 Å². The lowest BCUT2D eigenvalue weighted by atomic mass is 9.84. The van der Waals surface area contributed by atoms with Gasteiger partial charge in [-0.2, -0.15) is 0 Å². The molecule has 0 spiro atoms. The number of pyridine rings is 2. The fraction of sp³-hybridized carbons (Fsp3) is 0.500. The molecule has 1 aliphatic rings. The van der Waals surface area contributed by atoms with Crippen LogP contribution < -0.4 is 11.1 Å². The lowest BCUT2D eigenvalue weighted by Gasteiger charge is -2.29. The number of aryl methyl sites for hydroxylation is 2. The number of anilines is 2. The minimum atomic E-state index is -0.429. The van der Waals surface area contributed by atoms with Crippen LogP contribution in [0.25, 0.3) is 22.3 Å². The fourth-order valence-electron chi connectivity index (χ4n) is 4.55. The Morgan fingerprint density at radius 2 is 1.79 bits per heavy atom. The van der Waals surface area contributed by atoms with Crippen molar-refractivity contribution in [2.24, 2.45) is 5.92 Å². The topological polar surface area (TPSA) is 116 Å². The van der Waals surface area contributed by atoms with Gasteiger partial charge in [-0.3, -0.25) is 4.79 Å². The molecule has 8 heteroatoms. The minimum absolute atomic E-state index is 0.103. The molecule has 3 heterocycles. The van der Waals surface area contributed by atoms with Crippen LogP contribution in [0.5, 0.6) is 0 Å². The van der Waals surface area contributed by atoms with Crippen LogP contribution in [0.15, 0.2) is 24.5 Å². The Labute approximate surface area is 200 Å². The highest BCUT2D eigenvalue weighted by atomic mass is 16.6. The van der Waals surface area contributed by atoms with Gasteiger partial charge in [0.15, 0.2) is 0 Å². The van der Waals surface area contributed by atoms with Gasteiger partial charge in [0, 0.05) is 24.2 Å². The first-order valence-corrected chi connectivity index (χ1v) is 11.9. The summed E-state index contributed by atoms with van der Waals surface area (Å²) in [6.07, 6.45) is 7.96. The third-order valence-electron chi connectivity index (χ3n) is 6.20. The van der Waals surface area contributed by atoms with Crippen molar-refractivity contribution in [3.8, 4) is 11.3 Å². The number of rotatable bonds is 5. The Bertz CT molecular complexity index is 1200. The Hall–Kier alpha value is -3.29. The maximum absolute atomic E-state index is 12.1. The Morgan fingerprint density at radius 3 is 2.47 bits per heavy atom. The van der Waals surface area contributed by atoms with E-state index in [2.05, 4.69) is 15.3 Å². The smallest absolute Gasteiger partial charge is 0.306 e. The number of nitrogen functional groups attached to an aromatic ring is 1. The van der Waals surface area contributed by atoms with Gasteiger partial charge in [-0.1, -0.05) is 0 Å². The van der Waals surface area contributed by atoms with E-state index in [9.17, 15) is 4.79 Å². The predicted octanol–water partition coefficient (Wildman–Crippen LogP) is 4.99. The molecule has 0 saturated heterocycles. The van der Waals surface area contributed by atoms with Gasteiger partial charge in [0.2, 0.25) is 5.95 Å². The second kappa shape index (κ2) is 9.52. The second-order valence-electron chi connectivity index (χ2n) is 10.3. The first-order chi connectivity index (χ1) is 16.1. The van der Waals surface area contributed by atoms with Crippen LogP contribution >= 0.6 is 0 Å². The first kappa shape index (κ1) is 23.9. The van der Waals surface area contributed by atoms with Gasteiger partial charge in [-0.25, -0.2) is 19.9 Å². The predicted molar refractivity (Wildman–Crippen MR) is 134 cm³/mol. The third-order valence-corrected chi connectivity index (χ3v) is 6.20. The van der Waals surface area contributed by atoms with E-state index in [1.165, 1.54) is 0 Å². The standard InChI is InChI=1S/C26H34N6O2/c1-15-11-22(27)28-13-19(15)20-10-16(2)24-21(31-20)14-29-25(32-24)30-18-8-6-17(7-9-18)12-23(33)34-26(3,4)5/h10-11,13-14,17-18H,6-9,12H2,1-5H3,(H2,27,28)(H,29,30,32). The number of hydrogen-bond acceptors (Lipinski definition) is 8. The summed E-state index contributed by atoms with van der Waals surface area (Å²) in [5, 5.41) is 3.48. The number of carbonyl (C=O) groups excluding carboxylic acids is 1. The summed E-state index contributed by atoms with van der Waals surface area (Å²) in [7, 11) is 0. The van der Waals surface area contributed by atoms with Crippen molar-refractivity contribution in [3.63, 3.8) is 0 Å². The van der Waals surface area contributed by atoms with Crippen LogP contribution in [0.3, 0.4) is 0 Å². The summed E-state index contributed by atoms with van der Waals surface area (Å²) in [6.45, 7) is 9.75. The number of ether oxygens (including phenoxy) is 1. The van der Waals surface area contributed by atoms with Crippen LogP contribution in [-0.2, 0) is 9.53 Å². The normalized spacial score (nSPS) is 18.6. The molecule has 1 saturated carbocycles. The summed E-state index contributed by atoms with van der Waals surface area (Å²) in [6, 6.07) is 4.17. The molecule has 1 aliphatic carbocycles. The number of carbonyl (C=O) groups is 1. The fourth-order valence-corrected chi connectivity index (χ4v) is 4.55. The third kappa shape index (κ3) is 5.79. The second-order valence-corrected chi connectivity index (χ2v) is 10.3.